The number of benzene rings is 3. The number of aliphatic hydroxyl groups is 1. The van der Waals surface area contributed by atoms with Gasteiger partial charge in [0.2, 0.25) is 0 Å². The molecule has 1 heterocycles. The van der Waals surface area contributed by atoms with E-state index in [4.69, 9.17) is 4.74 Å². The Bertz CT molecular complexity index is 1290. The lowest BCUT2D eigenvalue weighted by Gasteiger charge is -2.26. The van der Waals surface area contributed by atoms with Crippen LogP contribution in [0.3, 0.4) is 0 Å². The van der Waals surface area contributed by atoms with E-state index in [9.17, 15) is 24.9 Å². The summed E-state index contributed by atoms with van der Waals surface area (Å²) >= 11 is 0. The number of ether oxygens (including phenoxy) is 1. The molecule has 0 radical (unpaired) electrons. The fourth-order valence-corrected chi connectivity index (χ4v) is 4.01. The van der Waals surface area contributed by atoms with Gasteiger partial charge in [0, 0.05) is 5.56 Å². The zero-order valence-corrected chi connectivity index (χ0v) is 19.7. The second-order valence-corrected chi connectivity index (χ2v) is 8.98. The van der Waals surface area contributed by atoms with Crippen LogP contribution in [0, 0.1) is 12.8 Å². The first-order chi connectivity index (χ1) is 16.7. The van der Waals surface area contributed by atoms with Crippen molar-refractivity contribution in [1.29, 1.82) is 0 Å². The van der Waals surface area contributed by atoms with Crippen LogP contribution in [-0.2, 0) is 9.59 Å². The van der Waals surface area contributed by atoms with E-state index in [0.717, 1.165) is 5.56 Å². The highest BCUT2D eigenvalue weighted by atomic mass is 16.5. The average Bonchev–Trinajstić information content (AvgIpc) is 3.10. The number of carbonyl (C=O) groups excluding carboxylic acids is 2. The van der Waals surface area contributed by atoms with Gasteiger partial charge < -0.3 is 20.1 Å². The van der Waals surface area contributed by atoms with Gasteiger partial charge in [0.05, 0.1) is 23.9 Å². The van der Waals surface area contributed by atoms with Gasteiger partial charge in [0.1, 0.15) is 23.0 Å². The number of hydrogen-bond acceptors (Lipinski definition) is 6. The Kier molecular flexibility index (Phi) is 6.51. The summed E-state index contributed by atoms with van der Waals surface area (Å²) < 4.78 is 5.69. The Morgan fingerprint density at radius 2 is 1.63 bits per heavy atom. The molecule has 7 nitrogen and oxygen atoms in total. The molecular weight excluding hydrogens is 446 g/mol. The molecule has 180 valence electrons. The van der Waals surface area contributed by atoms with Crippen LogP contribution in [-0.4, -0.2) is 33.6 Å². The summed E-state index contributed by atoms with van der Waals surface area (Å²) in [4.78, 5) is 27.6. The first-order valence-electron chi connectivity index (χ1n) is 11.3. The molecule has 1 aliphatic rings. The maximum Gasteiger partial charge on any atom is 0.300 e. The second-order valence-electron chi connectivity index (χ2n) is 8.98. The van der Waals surface area contributed by atoms with Gasteiger partial charge in [-0.05, 0) is 72.5 Å². The van der Waals surface area contributed by atoms with Gasteiger partial charge in [-0.1, -0.05) is 32.0 Å². The third-order valence-electron chi connectivity index (χ3n) is 5.75. The van der Waals surface area contributed by atoms with Crippen molar-refractivity contribution in [3.05, 3.63) is 89.0 Å². The SMILES string of the molecule is Cc1ccc(O)c(N2C(=O)C(=O)/C(=C(/O)c3ccc(OCC(C)C)cc3)C2c2ccc(O)cc2)c1. The summed E-state index contributed by atoms with van der Waals surface area (Å²) in [6.45, 7) is 6.42. The molecular formula is C28H27NO6. The molecule has 0 aliphatic carbocycles. The van der Waals surface area contributed by atoms with Crippen LogP contribution in [0.5, 0.6) is 17.2 Å². The number of amides is 1. The van der Waals surface area contributed by atoms with Crippen molar-refractivity contribution in [2.45, 2.75) is 26.8 Å². The summed E-state index contributed by atoms with van der Waals surface area (Å²) in [5.74, 6) is -1.28. The molecule has 3 aromatic rings. The van der Waals surface area contributed by atoms with Crippen LogP contribution in [0.1, 0.15) is 36.6 Å². The Morgan fingerprint density at radius 1 is 0.971 bits per heavy atom. The summed E-state index contributed by atoms with van der Waals surface area (Å²) in [6, 6.07) is 16.4. The number of aliphatic hydroxyl groups excluding tert-OH is 1. The molecule has 1 fully saturated rings. The van der Waals surface area contributed by atoms with Crippen LogP contribution in [0.4, 0.5) is 5.69 Å². The van der Waals surface area contributed by atoms with E-state index in [2.05, 4.69) is 0 Å². The fourth-order valence-electron chi connectivity index (χ4n) is 4.01. The van der Waals surface area contributed by atoms with Crippen LogP contribution < -0.4 is 9.64 Å². The number of carbonyl (C=O) groups is 2. The third kappa shape index (κ3) is 4.71. The number of phenols is 2. The van der Waals surface area contributed by atoms with Gasteiger partial charge in [0.15, 0.2) is 0 Å². The lowest BCUT2D eigenvalue weighted by atomic mass is 9.95. The predicted octanol–water partition coefficient (Wildman–Crippen LogP) is 5.07. The molecule has 3 N–H and O–H groups in total. The normalized spacial score (nSPS) is 17.3. The maximum atomic E-state index is 13.2. The van der Waals surface area contributed by atoms with Crippen molar-refractivity contribution in [2.75, 3.05) is 11.5 Å². The van der Waals surface area contributed by atoms with Gasteiger partial charge in [-0.25, -0.2) is 0 Å². The Labute approximate surface area is 203 Å². The molecule has 0 aromatic heterocycles. The highest BCUT2D eigenvalue weighted by molar-refractivity contribution is 6.51. The van der Waals surface area contributed by atoms with Gasteiger partial charge >= 0.3 is 0 Å². The topological polar surface area (TPSA) is 107 Å². The molecule has 1 amide bonds. The van der Waals surface area contributed by atoms with Crippen LogP contribution in [0.15, 0.2) is 72.3 Å². The van der Waals surface area contributed by atoms with Crippen LogP contribution in [0.2, 0.25) is 0 Å². The number of ketones is 1. The second kappa shape index (κ2) is 9.54. The molecule has 1 aliphatic heterocycles. The van der Waals surface area contributed by atoms with E-state index in [1.165, 1.54) is 23.1 Å². The highest BCUT2D eigenvalue weighted by Crippen LogP contribution is 2.45. The summed E-state index contributed by atoms with van der Waals surface area (Å²) in [6.07, 6.45) is 0. The zero-order valence-electron chi connectivity index (χ0n) is 19.7. The first kappa shape index (κ1) is 23.9. The Morgan fingerprint density at radius 3 is 2.26 bits per heavy atom. The quantitative estimate of drug-likeness (QED) is 0.262. The number of aromatic hydroxyl groups is 2. The van der Waals surface area contributed by atoms with Crippen LogP contribution >= 0.6 is 0 Å². The summed E-state index contributed by atoms with van der Waals surface area (Å²) in [5, 5.41) is 31.5. The zero-order chi connectivity index (χ0) is 25.3. The first-order valence-corrected chi connectivity index (χ1v) is 11.3. The molecule has 4 rings (SSSR count). The van der Waals surface area contributed by atoms with Crippen molar-refractivity contribution in [2.24, 2.45) is 5.92 Å². The molecule has 7 heteroatoms. The molecule has 1 atom stereocenters. The highest BCUT2D eigenvalue weighted by Gasteiger charge is 2.47. The standard InChI is InChI=1S/C28H27NO6/c1-16(2)15-35-21-11-7-19(8-12-21)26(32)24-25(18-5-9-20(30)10-6-18)29(28(34)27(24)33)22-14-17(3)4-13-23(22)31/h4-14,16,25,30-32H,15H2,1-3H3/b26-24+. The van der Waals surface area contributed by atoms with Crippen molar-refractivity contribution in [3.63, 3.8) is 0 Å². The van der Waals surface area contributed by atoms with Gasteiger partial charge in [0.25, 0.3) is 11.7 Å². The van der Waals surface area contributed by atoms with Crippen molar-refractivity contribution in [3.8, 4) is 17.2 Å². The van der Waals surface area contributed by atoms with Gasteiger partial charge in [-0.15, -0.1) is 0 Å². The van der Waals surface area contributed by atoms with Gasteiger partial charge in [-0.3, -0.25) is 14.5 Å². The van der Waals surface area contributed by atoms with Crippen molar-refractivity contribution < 1.29 is 29.6 Å². The minimum Gasteiger partial charge on any atom is -0.508 e. The van der Waals surface area contributed by atoms with Crippen molar-refractivity contribution >= 4 is 23.1 Å². The fraction of sp³-hybridized carbons (Fsp3) is 0.214. The van der Waals surface area contributed by atoms with Gasteiger partial charge in [-0.2, -0.15) is 0 Å². The number of nitrogens with zero attached hydrogens (tertiary/aromatic N) is 1. The smallest absolute Gasteiger partial charge is 0.300 e. The van der Waals surface area contributed by atoms with E-state index >= 15 is 0 Å². The molecule has 0 bridgehead atoms. The van der Waals surface area contributed by atoms with E-state index in [0.29, 0.717) is 29.4 Å². The average molecular weight is 474 g/mol. The summed E-state index contributed by atoms with van der Waals surface area (Å²) in [5.41, 5.74) is 1.65. The van der Waals surface area contributed by atoms with E-state index < -0.39 is 17.7 Å². The van der Waals surface area contributed by atoms with E-state index in [1.54, 1.807) is 55.5 Å². The molecule has 35 heavy (non-hydrogen) atoms. The summed E-state index contributed by atoms with van der Waals surface area (Å²) in [7, 11) is 0. The Hall–Kier alpha value is -4.26. The predicted molar refractivity (Wildman–Crippen MR) is 133 cm³/mol. The van der Waals surface area contributed by atoms with E-state index in [1.807, 2.05) is 13.8 Å². The monoisotopic (exact) mass is 473 g/mol. The number of Topliss-reactive ketones (excluding diaryl/α,β-unsaturated/α-hetero) is 1. The number of aryl methyl sites for hydroxylation is 1. The number of rotatable bonds is 6. The number of hydrogen-bond donors (Lipinski definition) is 3. The molecule has 0 saturated carbocycles. The van der Waals surface area contributed by atoms with Crippen molar-refractivity contribution in [1.82, 2.24) is 0 Å². The molecule has 0 spiro atoms. The number of phenolic OH excluding ortho intramolecular Hbond substituents is 2. The minimum absolute atomic E-state index is 0.0149. The third-order valence-corrected chi connectivity index (χ3v) is 5.75. The lowest BCUT2D eigenvalue weighted by molar-refractivity contribution is -0.132. The van der Waals surface area contributed by atoms with Crippen LogP contribution in [0.25, 0.3) is 5.76 Å². The minimum atomic E-state index is -1.01. The maximum absolute atomic E-state index is 13.2. The Balaban J connectivity index is 1.85. The lowest BCUT2D eigenvalue weighted by Crippen LogP contribution is -2.29. The van der Waals surface area contributed by atoms with E-state index in [-0.39, 0.29) is 28.5 Å². The molecule has 1 unspecified atom stereocenters. The number of anilines is 1. The largest absolute Gasteiger partial charge is 0.508 e. The molecule has 1 saturated heterocycles. The molecule has 3 aromatic carbocycles.